The number of phenols is 1. The SMILES string of the molecule is Cc1c(O)ccc2c1C[C@H](C(C)COCc1ccccc1)CC2. The summed E-state index contributed by atoms with van der Waals surface area (Å²) in [5.74, 6) is 1.60. The van der Waals surface area contributed by atoms with Gasteiger partial charge in [0.2, 0.25) is 0 Å². The number of hydrogen-bond donors (Lipinski definition) is 1. The largest absolute Gasteiger partial charge is 0.508 e. The Morgan fingerprint density at radius 2 is 1.96 bits per heavy atom. The first-order chi connectivity index (χ1) is 11.1. The number of aromatic hydroxyl groups is 1. The zero-order valence-electron chi connectivity index (χ0n) is 14.1. The summed E-state index contributed by atoms with van der Waals surface area (Å²) in [6, 6.07) is 14.3. The molecule has 23 heavy (non-hydrogen) atoms. The predicted octanol–water partition coefficient (Wildman–Crippen LogP) is 4.66. The van der Waals surface area contributed by atoms with Crippen LogP contribution in [0.25, 0.3) is 0 Å². The summed E-state index contributed by atoms with van der Waals surface area (Å²) >= 11 is 0. The topological polar surface area (TPSA) is 29.5 Å². The highest BCUT2D eigenvalue weighted by molar-refractivity contribution is 5.44. The van der Waals surface area contributed by atoms with E-state index in [1.54, 1.807) is 0 Å². The third kappa shape index (κ3) is 3.76. The van der Waals surface area contributed by atoms with Crippen molar-refractivity contribution in [1.82, 2.24) is 0 Å². The van der Waals surface area contributed by atoms with Gasteiger partial charge in [0.25, 0.3) is 0 Å². The molecule has 2 aromatic rings. The Morgan fingerprint density at radius 3 is 2.74 bits per heavy atom. The maximum atomic E-state index is 9.94. The summed E-state index contributed by atoms with van der Waals surface area (Å²) in [6.45, 7) is 5.81. The first-order valence-electron chi connectivity index (χ1n) is 8.57. The summed E-state index contributed by atoms with van der Waals surface area (Å²) in [6.07, 6.45) is 3.39. The van der Waals surface area contributed by atoms with Crippen LogP contribution in [0.2, 0.25) is 0 Å². The minimum absolute atomic E-state index is 0.428. The number of phenolic OH excluding ortho intramolecular Hbond substituents is 1. The van der Waals surface area contributed by atoms with Gasteiger partial charge in [-0.15, -0.1) is 0 Å². The van der Waals surface area contributed by atoms with E-state index in [0.717, 1.165) is 25.0 Å². The van der Waals surface area contributed by atoms with Gasteiger partial charge in [0.05, 0.1) is 6.61 Å². The van der Waals surface area contributed by atoms with Crippen LogP contribution in [0.5, 0.6) is 5.75 Å². The van der Waals surface area contributed by atoms with Crippen LogP contribution in [0.4, 0.5) is 0 Å². The molecular formula is C21H26O2. The van der Waals surface area contributed by atoms with Gasteiger partial charge in [-0.1, -0.05) is 43.3 Å². The molecule has 1 unspecified atom stereocenters. The molecule has 2 heteroatoms. The van der Waals surface area contributed by atoms with Crippen LogP contribution in [0.3, 0.4) is 0 Å². The second kappa shape index (κ2) is 7.18. The first kappa shape index (κ1) is 16.1. The molecule has 2 aromatic carbocycles. The summed E-state index contributed by atoms with van der Waals surface area (Å²) in [7, 11) is 0. The van der Waals surface area contributed by atoms with Crippen LogP contribution in [-0.2, 0) is 24.2 Å². The van der Waals surface area contributed by atoms with Crippen molar-refractivity contribution in [2.75, 3.05) is 6.61 Å². The van der Waals surface area contributed by atoms with E-state index in [1.807, 2.05) is 19.1 Å². The molecule has 2 nitrogen and oxygen atoms in total. The van der Waals surface area contributed by atoms with E-state index < -0.39 is 0 Å². The Balaban J connectivity index is 1.56. The molecule has 1 aliphatic carbocycles. The van der Waals surface area contributed by atoms with Crippen molar-refractivity contribution >= 4 is 0 Å². The second-order valence-corrected chi connectivity index (χ2v) is 6.83. The van der Waals surface area contributed by atoms with Crippen LogP contribution in [0.15, 0.2) is 42.5 Å². The average Bonchev–Trinajstić information content (AvgIpc) is 2.59. The van der Waals surface area contributed by atoms with E-state index in [0.29, 0.717) is 24.2 Å². The van der Waals surface area contributed by atoms with Gasteiger partial charge in [-0.2, -0.15) is 0 Å². The van der Waals surface area contributed by atoms with Gasteiger partial charge in [0.1, 0.15) is 5.75 Å². The van der Waals surface area contributed by atoms with Gasteiger partial charge in [-0.05, 0) is 66.3 Å². The van der Waals surface area contributed by atoms with Gasteiger partial charge in [0.15, 0.2) is 0 Å². The lowest BCUT2D eigenvalue weighted by Gasteiger charge is -2.30. The van der Waals surface area contributed by atoms with Crippen LogP contribution in [0.1, 0.15) is 35.6 Å². The average molecular weight is 310 g/mol. The third-order valence-corrected chi connectivity index (χ3v) is 5.21. The molecule has 122 valence electrons. The molecule has 0 saturated carbocycles. The molecule has 2 atom stereocenters. The zero-order valence-corrected chi connectivity index (χ0v) is 14.1. The molecule has 0 aromatic heterocycles. The van der Waals surface area contributed by atoms with E-state index in [1.165, 1.54) is 23.1 Å². The molecule has 0 bridgehead atoms. The maximum Gasteiger partial charge on any atom is 0.118 e. The summed E-state index contributed by atoms with van der Waals surface area (Å²) < 4.78 is 5.93. The second-order valence-electron chi connectivity index (χ2n) is 6.83. The van der Waals surface area contributed by atoms with Crippen LogP contribution in [-0.4, -0.2) is 11.7 Å². The van der Waals surface area contributed by atoms with Gasteiger partial charge >= 0.3 is 0 Å². The van der Waals surface area contributed by atoms with E-state index in [2.05, 4.69) is 37.3 Å². The number of fused-ring (bicyclic) bond motifs is 1. The standard InChI is InChI=1S/C21H26O2/c1-15(13-23-14-17-6-4-3-5-7-17)19-9-8-18-10-11-21(22)16(2)20(18)12-19/h3-7,10-11,15,19,22H,8-9,12-14H2,1-2H3/t15?,19-/m1/s1. The molecule has 0 aliphatic heterocycles. The van der Waals surface area contributed by atoms with Crippen molar-refractivity contribution in [1.29, 1.82) is 0 Å². The molecule has 0 radical (unpaired) electrons. The lowest BCUT2D eigenvalue weighted by molar-refractivity contribution is 0.0692. The zero-order chi connectivity index (χ0) is 16.2. The molecule has 1 aliphatic rings. The Bertz CT molecular complexity index is 648. The molecule has 0 saturated heterocycles. The summed E-state index contributed by atoms with van der Waals surface area (Å²) in [5, 5.41) is 9.94. The number of hydrogen-bond acceptors (Lipinski definition) is 2. The van der Waals surface area contributed by atoms with E-state index in [9.17, 15) is 5.11 Å². The Hall–Kier alpha value is -1.80. The number of aryl methyl sites for hydroxylation is 1. The fraction of sp³-hybridized carbons (Fsp3) is 0.429. The smallest absolute Gasteiger partial charge is 0.118 e. The lowest BCUT2D eigenvalue weighted by Crippen LogP contribution is -2.24. The van der Waals surface area contributed by atoms with Gasteiger partial charge < -0.3 is 9.84 Å². The fourth-order valence-electron chi connectivity index (χ4n) is 3.58. The van der Waals surface area contributed by atoms with E-state index in [-0.39, 0.29) is 0 Å². The molecule has 0 amide bonds. The predicted molar refractivity (Wildman–Crippen MR) is 93.6 cm³/mol. The van der Waals surface area contributed by atoms with Crippen molar-refractivity contribution in [2.24, 2.45) is 11.8 Å². The third-order valence-electron chi connectivity index (χ3n) is 5.21. The summed E-state index contributed by atoms with van der Waals surface area (Å²) in [5.41, 5.74) is 5.06. The first-order valence-corrected chi connectivity index (χ1v) is 8.57. The van der Waals surface area contributed by atoms with E-state index in [4.69, 9.17) is 4.74 Å². The van der Waals surface area contributed by atoms with Crippen LogP contribution >= 0.6 is 0 Å². The Morgan fingerprint density at radius 1 is 1.17 bits per heavy atom. The molecule has 0 heterocycles. The number of ether oxygens (including phenoxy) is 1. The Kier molecular flexibility index (Phi) is 5.02. The highest BCUT2D eigenvalue weighted by Crippen LogP contribution is 2.35. The molecule has 0 spiro atoms. The van der Waals surface area contributed by atoms with Crippen molar-refractivity contribution in [3.63, 3.8) is 0 Å². The fourth-order valence-corrected chi connectivity index (χ4v) is 3.58. The quantitative estimate of drug-likeness (QED) is 0.870. The minimum Gasteiger partial charge on any atom is -0.508 e. The molecule has 3 rings (SSSR count). The molecular weight excluding hydrogens is 284 g/mol. The summed E-state index contributed by atoms with van der Waals surface area (Å²) in [4.78, 5) is 0. The van der Waals surface area contributed by atoms with Crippen molar-refractivity contribution in [3.8, 4) is 5.75 Å². The van der Waals surface area contributed by atoms with Crippen molar-refractivity contribution < 1.29 is 9.84 Å². The van der Waals surface area contributed by atoms with E-state index >= 15 is 0 Å². The lowest BCUT2D eigenvalue weighted by atomic mass is 9.76. The molecule has 0 fully saturated rings. The van der Waals surface area contributed by atoms with Crippen molar-refractivity contribution in [3.05, 3.63) is 64.7 Å². The van der Waals surface area contributed by atoms with Gasteiger partial charge in [-0.25, -0.2) is 0 Å². The highest BCUT2D eigenvalue weighted by atomic mass is 16.5. The monoisotopic (exact) mass is 310 g/mol. The number of benzene rings is 2. The van der Waals surface area contributed by atoms with Crippen LogP contribution < -0.4 is 0 Å². The van der Waals surface area contributed by atoms with Crippen molar-refractivity contribution in [2.45, 2.75) is 39.7 Å². The minimum atomic E-state index is 0.428. The normalized spacial score (nSPS) is 18.4. The number of rotatable bonds is 5. The van der Waals surface area contributed by atoms with Crippen LogP contribution in [0, 0.1) is 18.8 Å². The van der Waals surface area contributed by atoms with Gasteiger partial charge in [0, 0.05) is 6.61 Å². The molecule has 1 N–H and O–H groups in total. The highest BCUT2D eigenvalue weighted by Gasteiger charge is 2.25. The Labute approximate surface area is 139 Å². The van der Waals surface area contributed by atoms with Gasteiger partial charge in [-0.3, -0.25) is 0 Å². The maximum absolute atomic E-state index is 9.94.